The fraction of sp³-hybridized carbons (Fsp3) is 0.0588. The fourth-order valence-corrected chi connectivity index (χ4v) is 27.2. The van der Waals surface area contributed by atoms with Crippen molar-refractivity contribution in [2.45, 2.75) is 40.0 Å². The Kier molecular flexibility index (Phi) is 17.5. The molecule has 0 spiro atoms. The average molecular weight is 1420 g/mol. The topological polar surface area (TPSA) is 9.72 Å². The fourth-order valence-electron chi connectivity index (χ4n) is 17.6. The maximum absolute atomic E-state index is 3.11. The zero-order valence-electron chi connectivity index (χ0n) is 61.6. The lowest BCUT2D eigenvalue weighted by Crippen LogP contribution is -2.74. The van der Waals surface area contributed by atoms with Crippen molar-refractivity contribution in [2.24, 2.45) is 0 Å². The van der Waals surface area contributed by atoms with Crippen LogP contribution in [0.1, 0.15) is 37.5 Å². The van der Waals surface area contributed by atoms with E-state index in [0.29, 0.717) is 0 Å². The minimum Gasteiger partial charge on any atom is -0.311 e. The number of anilines is 9. The molecule has 0 unspecified atom stereocenters. The van der Waals surface area contributed by atoms with E-state index in [4.69, 9.17) is 0 Å². The van der Waals surface area contributed by atoms with Crippen molar-refractivity contribution in [1.29, 1.82) is 0 Å². The van der Waals surface area contributed by atoms with Gasteiger partial charge >= 0.3 is 0 Å². The first-order valence-corrected chi connectivity index (χ1v) is 41.8. The van der Waals surface area contributed by atoms with Gasteiger partial charge in [0.1, 0.15) is 0 Å². The number of aryl methyl sites for hydroxylation is 2. The summed E-state index contributed by atoms with van der Waals surface area (Å²) < 4.78 is 0. The van der Waals surface area contributed by atoms with Crippen molar-refractivity contribution >= 4 is 132 Å². The van der Waals surface area contributed by atoms with Gasteiger partial charge in [0.15, 0.2) is 16.1 Å². The van der Waals surface area contributed by atoms with E-state index >= 15 is 0 Å². The summed E-state index contributed by atoms with van der Waals surface area (Å²) in [6.07, 6.45) is 0. The lowest BCUT2D eigenvalue weighted by Gasteiger charge is -2.45. The smallest absolute Gasteiger partial charge is 0.252 e. The van der Waals surface area contributed by atoms with Crippen LogP contribution in [0.25, 0.3) is 33.4 Å². The molecule has 16 aromatic carbocycles. The SMILES string of the molecule is Cc1ccc(N(c2ccc(C)cc2)c2cc3c4c(c2)N(c2cccc([Si](c5ccccc5)(c5ccccc5)c5ccccc5)c2)c2ccc(-c5c(-c6ccccc6)cc(C(C)(C)C)cc5-c5ccccc5)cc2B4c2ccccc2N3c2cccc([Si](c3ccccc3)(c3ccccc3)c3ccccc3)c2)cc1. The Morgan fingerprint density at radius 2 is 0.611 bits per heavy atom. The Hall–Kier alpha value is -12.6. The summed E-state index contributed by atoms with van der Waals surface area (Å²) in [7, 11) is -6.18. The van der Waals surface area contributed by atoms with E-state index in [1.54, 1.807) is 0 Å². The predicted molar refractivity (Wildman–Crippen MR) is 467 cm³/mol. The van der Waals surface area contributed by atoms with Crippen molar-refractivity contribution in [3.05, 3.63) is 423 Å². The zero-order valence-corrected chi connectivity index (χ0v) is 63.6. The van der Waals surface area contributed by atoms with Gasteiger partial charge in [0.25, 0.3) is 6.71 Å². The molecule has 0 amide bonds. The largest absolute Gasteiger partial charge is 0.311 e. The highest BCUT2D eigenvalue weighted by Gasteiger charge is 2.48. The second-order valence-electron chi connectivity index (χ2n) is 30.1. The summed E-state index contributed by atoms with van der Waals surface area (Å²) in [5.41, 5.74) is 24.2. The molecule has 0 saturated carbocycles. The molecule has 516 valence electrons. The third-order valence-electron chi connectivity index (χ3n) is 22.6. The maximum Gasteiger partial charge on any atom is 0.252 e. The summed E-state index contributed by atoms with van der Waals surface area (Å²) in [5, 5.41) is 10.5. The van der Waals surface area contributed by atoms with Crippen LogP contribution in [0.2, 0.25) is 0 Å². The van der Waals surface area contributed by atoms with Crippen LogP contribution in [0.5, 0.6) is 0 Å². The van der Waals surface area contributed by atoms with Crippen molar-refractivity contribution in [3.63, 3.8) is 0 Å². The van der Waals surface area contributed by atoms with Crippen molar-refractivity contribution < 1.29 is 0 Å². The van der Waals surface area contributed by atoms with Gasteiger partial charge in [-0.05, 0) is 201 Å². The molecule has 0 atom stereocenters. The molecule has 0 N–H and O–H groups in total. The summed E-state index contributed by atoms with van der Waals surface area (Å²) in [6.45, 7) is 11.2. The van der Waals surface area contributed by atoms with Gasteiger partial charge in [-0.1, -0.05) is 353 Å². The van der Waals surface area contributed by atoms with Crippen molar-refractivity contribution in [3.8, 4) is 33.4 Å². The number of rotatable bonds is 16. The molecule has 2 aliphatic heterocycles. The average Bonchev–Trinajstić information content (AvgIpc) is 0.689. The number of fused-ring (bicyclic) bond motifs is 4. The van der Waals surface area contributed by atoms with Crippen LogP contribution in [0.3, 0.4) is 0 Å². The van der Waals surface area contributed by atoms with Gasteiger partial charge in [-0.3, -0.25) is 0 Å². The van der Waals surface area contributed by atoms with Gasteiger partial charge in [-0.25, -0.2) is 0 Å². The van der Waals surface area contributed by atoms with Crippen molar-refractivity contribution in [2.75, 3.05) is 14.7 Å². The van der Waals surface area contributed by atoms with Gasteiger partial charge in [-0.15, -0.1) is 0 Å². The molecule has 2 heterocycles. The first-order chi connectivity index (χ1) is 53.0. The standard InChI is InChI=1S/C102H82BN3Si2/c1-73-56-61-79(62-57-73)104(80-63-58-74(2)59-64-80)83-71-98-101-99(72-83)106(82-39-33-53-91(70-82)108(87-46-24-11-25-47-87,88-48-26-12-27-49-88)89-50-28-13-29-51-89)97-65-60-77(100-92(75-34-14-6-15-35-75)67-78(102(3,4)5)68-93(100)76-36-16-7-17-37-76)66-95(97)103(101)94-54-30-31-55-96(94)105(98)81-38-32-52-90(69-81)107(84-40-18-8-19-41-84,85-42-20-9-21-43-85)86-44-22-10-23-45-86/h6-72H,1-5H3. The second-order valence-corrected chi connectivity index (χ2v) is 37.7. The lowest BCUT2D eigenvalue weighted by molar-refractivity contribution is 0.591. The molecule has 2 aliphatic rings. The van der Waals surface area contributed by atoms with Crippen LogP contribution in [0.4, 0.5) is 51.2 Å². The predicted octanol–water partition coefficient (Wildman–Crippen LogP) is 18.9. The summed E-state index contributed by atoms with van der Waals surface area (Å²) in [6, 6.07) is 155. The normalized spacial score (nSPS) is 12.4. The van der Waals surface area contributed by atoms with Crippen LogP contribution in [0, 0.1) is 13.8 Å². The van der Waals surface area contributed by atoms with E-state index in [1.165, 1.54) is 102 Å². The van der Waals surface area contributed by atoms with Gasteiger partial charge in [0, 0.05) is 45.5 Å². The van der Waals surface area contributed by atoms with Crippen LogP contribution in [-0.2, 0) is 5.41 Å². The Labute approximate surface area is 638 Å². The molecule has 0 bridgehead atoms. The summed E-state index contributed by atoms with van der Waals surface area (Å²) >= 11 is 0. The Bertz CT molecular complexity index is 5600. The maximum atomic E-state index is 2.66. The number of hydrogen-bond acceptors (Lipinski definition) is 3. The molecule has 3 nitrogen and oxygen atoms in total. The monoisotopic (exact) mass is 1420 g/mol. The molecule has 108 heavy (non-hydrogen) atoms. The summed E-state index contributed by atoms with van der Waals surface area (Å²) in [4.78, 5) is 7.78. The molecule has 0 radical (unpaired) electrons. The van der Waals surface area contributed by atoms with Crippen molar-refractivity contribution in [1.82, 2.24) is 0 Å². The molecule has 18 rings (SSSR count). The first-order valence-electron chi connectivity index (χ1n) is 37.8. The van der Waals surface area contributed by atoms with Crippen LogP contribution in [-0.4, -0.2) is 22.9 Å². The van der Waals surface area contributed by atoms with Crippen LogP contribution < -0.4 is 72.6 Å². The quantitative estimate of drug-likeness (QED) is 0.0705. The third-order valence-corrected chi connectivity index (χ3v) is 32.1. The van der Waals surface area contributed by atoms with Gasteiger partial charge < -0.3 is 14.7 Å². The molecule has 6 heteroatoms. The van der Waals surface area contributed by atoms with Crippen LogP contribution >= 0.6 is 0 Å². The van der Waals surface area contributed by atoms with Gasteiger partial charge in [0.2, 0.25) is 0 Å². The highest BCUT2D eigenvalue weighted by atomic mass is 28.3. The minimum absolute atomic E-state index is 0.141. The molecule has 0 aromatic heterocycles. The van der Waals surface area contributed by atoms with Gasteiger partial charge in [-0.2, -0.15) is 0 Å². The van der Waals surface area contributed by atoms with Crippen LogP contribution in [0.15, 0.2) is 406 Å². The molecular formula is C102H82BN3Si2. The van der Waals surface area contributed by atoms with E-state index in [1.807, 2.05) is 0 Å². The third kappa shape index (κ3) is 11.7. The Morgan fingerprint density at radius 1 is 0.269 bits per heavy atom. The molecule has 16 aromatic rings. The molecular weight excluding hydrogens is 1330 g/mol. The van der Waals surface area contributed by atoms with E-state index in [9.17, 15) is 0 Å². The zero-order chi connectivity index (χ0) is 72.9. The highest BCUT2D eigenvalue weighted by Crippen LogP contribution is 2.50. The number of nitrogens with zero attached hydrogens (tertiary/aromatic N) is 3. The minimum atomic E-state index is -3.11. The van der Waals surface area contributed by atoms with E-state index in [0.717, 1.165) is 56.7 Å². The summed E-state index contributed by atoms with van der Waals surface area (Å²) in [5.74, 6) is 0. The molecule has 0 aliphatic carbocycles. The number of hydrogen-bond donors (Lipinski definition) is 0. The number of para-hydroxylation sites is 1. The molecule has 0 saturated heterocycles. The van der Waals surface area contributed by atoms with E-state index in [2.05, 4.69) is 456 Å². The van der Waals surface area contributed by atoms with Gasteiger partial charge in [0.05, 0.1) is 5.69 Å². The second kappa shape index (κ2) is 28.0. The highest BCUT2D eigenvalue weighted by molar-refractivity contribution is 7.20. The van der Waals surface area contributed by atoms with E-state index in [-0.39, 0.29) is 12.1 Å². The lowest BCUT2D eigenvalue weighted by atomic mass is 9.33. The number of benzene rings is 16. The first kappa shape index (κ1) is 67.3. The van der Waals surface area contributed by atoms with E-state index < -0.39 is 16.1 Å². The molecule has 0 fully saturated rings. The Morgan fingerprint density at radius 3 is 0.991 bits per heavy atom. The Balaban J connectivity index is 0.977.